The highest BCUT2D eigenvalue weighted by Gasteiger charge is 2.19. The van der Waals surface area contributed by atoms with Crippen LogP contribution in [-0.2, 0) is 21.4 Å². The molecule has 0 atom stereocenters. The molecule has 2 aromatic carbocycles. The third kappa shape index (κ3) is 6.22. The molecular formula is C18H21FN4O5S. The minimum Gasteiger partial charge on any atom is -0.379 e. The summed E-state index contributed by atoms with van der Waals surface area (Å²) in [4.78, 5) is 24.1. The second-order valence-electron chi connectivity index (χ2n) is 6.20. The zero-order valence-corrected chi connectivity index (χ0v) is 16.5. The number of amides is 1. The predicted octanol–water partition coefficient (Wildman–Crippen LogP) is 2.23. The lowest BCUT2D eigenvalue weighted by atomic mass is 10.2. The van der Waals surface area contributed by atoms with Gasteiger partial charge in [-0.25, -0.2) is 17.9 Å². The summed E-state index contributed by atoms with van der Waals surface area (Å²) in [5, 5.41) is 19.0. The van der Waals surface area contributed by atoms with Crippen LogP contribution in [0, 0.1) is 15.9 Å². The Labute approximate surface area is 167 Å². The first-order chi connectivity index (χ1) is 13.6. The number of anilines is 1. The summed E-state index contributed by atoms with van der Waals surface area (Å²) < 4.78 is 36.0. The van der Waals surface area contributed by atoms with Gasteiger partial charge in [0.05, 0.1) is 9.82 Å². The fourth-order valence-electron chi connectivity index (χ4n) is 2.68. The van der Waals surface area contributed by atoms with Crippen molar-refractivity contribution in [3.63, 3.8) is 0 Å². The number of benzene rings is 2. The van der Waals surface area contributed by atoms with Gasteiger partial charge in [-0.1, -0.05) is 12.1 Å². The Bertz CT molecular complexity index is 1010. The maximum Gasteiger partial charge on any atom is 0.293 e. The van der Waals surface area contributed by atoms with Crippen molar-refractivity contribution in [3.8, 4) is 0 Å². The molecule has 11 heteroatoms. The number of sulfonamides is 1. The Balaban J connectivity index is 2.02. The molecule has 0 aromatic heterocycles. The predicted molar refractivity (Wildman–Crippen MR) is 105 cm³/mol. The van der Waals surface area contributed by atoms with Crippen molar-refractivity contribution in [3.05, 3.63) is 64.0 Å². The molecule has 29 heavy (non-hydrogen) atoms. The molecule has 2 rings (SSSR count). The zero-order valence-electron chi connectivity index (χ0n) is 15.7. The summed E-state index contributed by atoms with van der Waals surface area (Å²) in [6.07, 6.45) is 0.0389. The van der Waals surface area contributed by atoms with Crippen LogP contribution in [0.5, 0.6) is 0 Å². The molecule has 2 aromatic rings. The number of nitrogens with two attached hydrogens (primary N) is 1. The molecule has 0 aliphatic heterocycles. The van der Waals surface area contributed by atoms with Gasteiger partial charge >= 0.3 is 0 Å². The molecule has 0 fully saturated rings. The van der Waals surface area contributed by atoms with Crippen molar-refractivity contribution in [2.45, 2.75) is 24.8 Å². The zero-order chi connectivity index (χ0) is 21.6. The van der Waals surface area contributed by atoms with Crippen molar-refractivity contribution < 1.29 is 22.5 Å². The van der Waals surface area contributed by atoms with E-state index in [0.717, 1.165) is 12.1 Å². The summed E-state index contributed by atoms with van der Waals surface area (Å²) >= 11 is 0. The molecule has 1 amide bonds. The van der Waals surface area contributed by atoms with Crippen LogP contribution in [-0.4, -0.2) is 37.2 Å². The van der Waals surface area contributed by atoms with E-state index in [-0.39, 0.29) is 41.8 Å². The van der Waals surface area contributed by atoms with E-state index >= 15 is 0 Å². The van der Waals surface area contributed by atoms with Gasteiger partial charge in [-0.2, -0.15) is 0 Å². The van der Waals surface area contributed by atoms with Crippen LogP contribution in [0.1, 0.15) is 18.9 Å². The Morgan fingerprint density at radius 3 is 2.59 bits per heavy atom. The number of rotatable bonds is 9. The monoisotopic (exact) mass is 424 g/mol. The van der Waals surface area contributed by atoms with E-state index in [0.29, 0.717) is 12.1 Å². The van der Waals surface area contributed by atoms with Crippen LogP contribution in [0.25, 0.3) is 0 Å². The largest absolute Gasteiger partial charge is 0.379 e. The molecular weight excluding hydrogens is 403 g/mol. The van der Waals surface area contributed by atoms with Crippen molar-refractivity contribution >= 4 is 27.3 Å². The van der Waals surface area contributed by atoms with E-state index in [1.165, 1.54) is 23.1 Å². The van der Waals surface area contributed by atoms with E-state index in [2.05, 4.69) is 5.32 Å². The summed E-state index contributed by atoms with van der Waals surface area (Å²) in [5.41, 5.74) is 0.266. The van der Waals surface area contributed by atoms with Gasteiger partial charge in [0.15, 0.2) is 0 Å². The van der Waals surface area contributed by atoms with Crippen LogP contribution in [0.3, 0.4) is 0 Å². The number of nitro groups is 1. The Kier molecular flexibility index (Phi) is 7.23. The molecule has 0 heterocycles. The van der Waals surface area contributed by atoms with E-state index in [1.807, 2.05) is 0 Å². The highest BCUT2D eigenvalue weighted by Crippen LogP contribution is 2.27. The van der Waals surface area contributed by atoms with Gasteiger partial charge in [-0.3, -0.25) is 14.9 Å². The first kappa shape index (κ1) is 22.2. The molecule has 9 nitrogen and oxygen atoms in total. The molecule has 0 unspecified atom stereocenters. The fraction of sp³-hybridized carbons (Fsp3) is 0.278. The summed E-state index contributed by atoms with van der Waals surface area (Å²) in [5.74, 6) is -0.601. The van der Waals surface area contributed by atoms with Crippen molar-refractivity contribution in [1.82, 2.24) is 4.90 Å². The topological polar surface area (TPSA) is 136 Å². The maximum atomic E-state index is 13.3. The molecule has 0 saturated carbocycles. The van der Waals surface area contributed by atoms with E-state index < -0.39 is 20.6 Å². The van der Waals surface area contributed by atoms with Crippen molar-refractivity contribution in [2.24, 2.45) is 5.14 Å². The number of carbonyl (C=O) groups is 1. The van der Waals surface area contributed by atoms with Crippen molar-refractivity contribution in [2.75, 3.05) is 18.4 Å². The van der Waals surface area contributed by atoms with E-state index in [1.54, 1.807) is 19.1 Å². The maximum absolute atomic E-state index is 13.3. The normalized spacial score (nSPS) is 11.1. The van der Waals surface area contributed by atoms with Crippen molar-refractivity contribution in [1.29, 1.82) is 0 Å². The Hall–Kier alpha value is -3.05. The average Bonchev–Trinajstić information content (AvgIpc) is 2.65. The number of hydrogen-bond acceptors (Lipinski definition) is 6. The molecule has 0 spiro atoms. The standard InChI is InChI=1S/C18H21FN4O5S/c1-2-22(12-13-4-3-5-14(19)10-13)18(24)8-9-21-16-7-6-15(29(20,27)28)11-17(16)23(25)26/h3-7,10-11,21H,2,8-9,12H2,1H3,(H2,20,27,28). The van der Waals surface area contributed by atoms with Gasteiger partial charge in [-0.05, 0) is 36.8 Å². The number of carbonyl (C=O) groups excluding carboxylic acids is 1. The SMILES string of the molecule is CCN(Cc1cccc(F)c1)C(=O)CCNc1ccc(S(N)(=O)=O)cc1[N+](=O)[O-]. The fourth-order valence-corrected chi connectivity index (χ4v) is 3.22. The van der Waals surface area contributed by atoms with E-state index in [9.17, 15) is 27.7 Å². The number of hydrogen-bond donors (Lipinski definition) is 2. The van der Waals surface area contributed by atoms with E-state index in [4.69, 9.17) is 5.14 Å². The number of halogens is 1. The first-order valence-corrected chi connectivity index (χ1v) is 10.2. The van der Waals surface area contributed by atoms with Crippen LogP contribution in [0.15, 0.2) is 47.4 Å². The number of nitro benzene ring substituents is 1. The lowest BCUT2D eigenvalue weighted by Gasteiger charge is -2.21. The molecule has 0 saturated heterocycles. The average molecular weight is 424 g/mol. The summed E-state index contributed by atoms with van der Waals surface area (Å²) in [6.45, 7) is 2.55. The van der Waals surface area contributed by atoms with Crippen LogP contribution < -0.4 is 10.5 Å². The molecule has 3 N–H and O–H groups in total. The lowest BCUT2D eigenvalue weighted by Crippen LogP contribution is -2.31. The van der Waals surface area contributed by atoms with Gasteiger partial charge < -0.3 is 10.2 Å². The molecule has 0 aliphatic carbocycles. The minimum atomic E-state index is -4.08. The minimum absolute atomic E-state index is 0.0389. The summed E-state index contributed by atoms with van der Waals surface area (Å²) in [6, 6.07) is 9.19. The third-order valence-corrected chi connectivity index (χ3v) is 5.06. The molecule has 0 radical (unpaired) electrons. The molecule has 156 valence electrons. The smallest absolute Gasteiger partial charge is 0.293 e. The number of primary sulfonamides is 1. The quantitative estimate of drug-likeness (QED) is 0.468. The van der Waals surface area contributed by atoms with Gasteiger partial charge in [0, 0.05) is 32.1 Å². The first-order valence-electron chi connectivity index (χ1n) is 8.69. The summed E-state index contributed by atoms with van der Waals surface area (Å²) in [7, 11) is -4.08. The number of nitrogens with one attached hydrogen (secondary N) is 1. The molecule has 0 aliphatic rings. The highest BCUT2D eigenvalue weighted by atomic mass is 32.2. The van der Waals surface area contributed by atoms with Crippen LogP contribution >= 0.6 is 0 Å². The second-order valence-corrected chi connectivity index (χ2v) is 7.76. The van der Waals surface area contributed by atoms with Gasteiger partial charge in [-0.15, -0.1) is 0 Å². The van der Waals surface area contributed by atoms with Gasteiger partial charge in [0.25, 0.3) is 5.69 Å². The van der Waals surface area contributed by atoms with Crippen LogP contribution in [0.2, 0.25) is 0 Å². The Morgan fingerprint density at radius 2 is 2.00 bits per heavy atom. The second kappa shape index (κ2) is 9.43. The number of nitrogens with zero attached hydrogens (tertiary/aromatic N) is 2. The molecule has 0 bridgehead atoms. The van der Waals surface area contributed by atoms with Gasteiger partial charge in [0.2, 0.25) is 15.9 Å². The van der Waals surface area contributed by atoms with Crippen LogP contribution in [0.4, 0.5) is 15.8 Å². The Morgan fingerprint density at radius 1 is 1.28 bits per heavy atom. The lowest BCUT2D eigenvalue weighted by molar-refractivity contribution is -0.384. The highest BCUT2D eigenvalue weighted by molar-refractivity contribution is 7.89. The third-order valence-electron chi connectivity index (χ3n) is 4.15. The van der Waals surface area contributed by atoms with Gasteiger partial charge in [0.1, 0.15) is 11.5 Å².